The Morgan fingerprint density at radius 1 is 1.45 bits per heavy atom. The molecule has 0 spiro atoms. The number of benzene rings is 1. The van der Waals surface area contributed by atoms with Crippen molar-refractivity contribution in [2.24, 2.45) is 11.7 Å². The summed E-state index contributed by atoms with van der Waals surface area (Å²) in [6.07, 6.45) is 2.58. The lowest BCUT2D eigenvalue weighted by atomic mass is 10.1. The van der Waals surface area contributed by atoms with Crippen LogP contribution in [0.4, 0.5) is 4.39 Å². The molecule has 5 nitrogen and oxygen atoms in total. The van der Waals surface area contributed by atoms with E-state index in [9.17, 15) is 12.8 Å². The Morgan fingerprint density at radius 2 is 2.20 bits per heavy atom. The molecule has 0 heterocycles. The third-order valence-corrected chi connectivity index (χ3v) is 5.12. The summed E-state index contributed by atoms with van der Waals surface area (Å²) in [6.45, 7) is 0.431. The van der Waals surface area contributed by atoms with Gasteiger partial charge < -0.3 is 5.73 Å². The Kier molecular flexibility index (Phi) is 4.38. The molecule has 7 heteroatoms. The molecule has 2 atom stereocenters. The lowest BCUT2D eigenvalue weighted by Crippen LogP contribution is -2.39. The topological polar surface area (TPSA) is 96.0 Å². The molecule has 1 aliphatic carbocycles. The third kappa shape index (κ3) is 2.98. The molecule has 1 fully saturated rings. The number of hydrogen-bond acceptors (Lipinski definition) is 4. The molecule has 108 valence electrons. The van der Waals surface area contributed by atoms with Crippen molar-refractivity contribution in [3.8, 4) is 6.07 Å². The predicted octanol–water partition coefficient (Wildman–Crippen LogP) is 1.10. The zero-order chi connectivity index (χ0) is 14.8. The number of nitrogens with two attached hydrogens (primary N) is 1. The van der Waals surface area contributed by atoms with Crippen molar-refractivity contribution < 1.29 is 12.8 Å². The first-order chi connectivity index (χ1) is 9.47. The van der Waals surface area contributed by atoms with Crippen LogP contribution in [0.2, 0.25) is 0 Å². The molecule has 0 amide bonds. The van der Waals surface area contributed by atoms with Crippen molar-refractivity contribution in [1.82, 2.24) is 4.72 Å². The molecule has 0 radical (unpaired) electrons. The lowest BCUT2D eigenvalue weighted by molar-refractivity contribution is 0.453. The first kappa shape index (κ1) is 14.9. The van der Waals surface area contributed by atoms with E-state index in [0.717, 1.165) is 37.5 Å². The standard InChI is InChI=1S/C13H16FN3O2S/c14-12-5-4-11(6-10(12)8-16)20(18,19)17-13-3-1-2-9(13)7-15/h4-6,9,13,17H,1-3,7,15H2/t9-,13+/m1/s1. The summed E-state index contributed by atoms with van der Waals surface area (Å²) < 4.78 is 40.3. The van der Waals surface area contributed by atoms with Crippen LogP contribution in [0.15, 0.2) is 23.1 Å². The highest BCUT2D eigenvalue weighted by Crippen LogP contribution is 2.26. The molecular weight excluding hydrogens is 281 g/mol. The average molecular weight is 297 g/mol. The number of nitrogens with one attached hydrogen (secondary N) is 1. The van der Waals surface area contributed by atoms with Crippen LogP contribution in [-0.4, -0.2) is 21.0 Å². The molecule has 1 aromatic rings. The average Bonchev–Trinajstić information content (AvgIpc) is 2.85. The molecule has 20 heavy (non-hydrogen) atoms. The molecular formula is C13H16FN3O2S. The SMILES string of the molecule is N#Cc1cc(S(=O)(=O)N[C@H]2CCC[C@@H]2CN)ccc1F. The predicted molar refractivity (Wildman–Crippen MR) is 71.6 cm³/mol. The summed E-state index contributed by atoms with van der Waals surface area (Å²) in [5, 5.41) is 8.75. The summed E-state index contributed by atoms with van der Waals surface area (Å²) in [6, 6.07) is 4.63. The van der Waals surface area contributed by atoms with E-state index in [2.05, 4.69) is 4.72 Å². The van der Waals surface area contributed by atoms with Gasteiger partial charge in [0.05, 0.1) is 10.5 Å². The van der Waals surface area contributed by atoms with E-state index in [4.69, 9.17) is 11.0 Å². The zero-order valence-corrected chi connectivity index (χ0v) is 11.7. The van der Waals surface area contributed by atoms with Crippen LogP contribution in [-0.2, 0) is 10.0 Å². The number of halogens is 1. The van der Waals surface area contributed by atoms with Gasteiger partial charge in [-0.05, 0) is 43.5 Å². The van der Waals surface area contributed by atoms with Crippen LogP contribution < -0.4 is 10.5 Å². The van der Waals surface area contributed by atoms with E-state index in [1.54, 1.807) is 6.07 Å². The van der Waals surface area contributed by atoms with Gasteiger partial charge in [0.25, 0.3) is 0 Å². The van der Waals surface area contributed by atoms with E-state index in [1.165, 1.54) is 0 Å². The van der Waals surface area contributed by atoms with Gasteiger partial charge in [0.2, 0.25) is 10.0 Å². The Balaban J connectivity index is 2.25. The van der Waals surface area contributed by atoms with Crippen molar-refractivity contribution in [2.45, 2.75) is 30.2 Å². The van der Waals surface area contributed by atoms with Gasteiger partial charge in [-0.1, -0.05) is 6.42 Å². The summed E-state index contributed by atoms with van der Waals surface area (Å²) in [7, 11) is -3.76. The van der Waals surface area contributed by atoms with E-state index >= 15 is 0 Å². The molecule has 0 bridgehead atoms. The van der Waals surface area contributed by atoms with Crippen LogP contribution in [0.25, 0.3) is 0 Å². The van der Waals surface area contributed by atoms with Crippen LogP contribution in [0, 0.1) is 23.1 Å². The van der Waals surface area contributed by atoms with Gasteiger partial charge in [-0.25, -0.2) is 17.5 Å². The number of hydrogen-bond donors (Lipinski definition) is 2. The van der Waals surface area contributed by atoms with Crippen molar-refractivity contribution in [3.63, 3.8) is 0 Å². The van der Waals surface area contributed by atoms with E-state index in [0.29, 0.717) is 6.54 Å². The summed E-state index contributed by atoms with van der Waals surface area (Å²) in [5.74, 6) is -0.604. The monoisotopic (exact) mass is 297 g/mol. The molecule has 1 aromatic carbocycles. The Morgan fingerprint density at radius 3 is 2.85 bits per heavy atom. The van der Waals surface area contributed by atoms with Crippen LogP contribution in [0.5, 0.6) is 0 Å². The summed E-state index contributed by atoms with van der Waals surface area (Å²) in [4.78, 5) is -0.0990. The molecule has 1 saturated carbocycles. The fraction of sp³-hybridized carbons (Fsp3) is 0.462. The maximum absolute atomic E-state index is 13.2. The van der Waals surface area contributed by atoms with Gasteiger partial charge in [-0.15, -0.1) is 0 Å². The molecule has 1 aliphatic rings. The fourth-order valence-corrected chi connectivity index (χ4v) is 3.86. The quantitative estimate of drug-likeness (QED) is 0.870. The van der Waals surface area contributed by atoms with E-state index < -0.39 is 15.8 Å². The van der Waals surface area contributed by atoms with Crippen LogP contribution in [0.3, 0.4) is 0 Å². The molecule has 2 rings (SSSR count). The van der Waals surface area contributed by atoms with Gasteiger partial charge in [-0.3, -0.25) is 0 Å². The van der Waals surface area contributed by atoms with Gasteiger partial charge in [0.15, 0.2) is 0 Å². The second kappa shape index (κ2) is 5.87. The highest BCUT2D eigenvalue weighted by Gasteiger charge is 2.30. The summed E-state index contributed by atoms with van der Waals surface area (Å²) >= 11 is 0. The van der Waals surface area contributed by atoms with Gasteiger partial charge >= 0.3 is 0 Å². The third-order valence-electron chi connectivity index (χ3n) is 3.64. The second-order valence-corrected chi connectivity index (χ2v) is 6.62. The van der Waals surface area contributed by atoms with E-state index in [1.807, 2.05) is 0 Å². The molecule has 0 saturated heterocycles. The molecule has 3 N–H and O–H groups in total. The van der Waals surface area contributed by atoms with Gasteiger partial charge in [0.1, 0.15) is 11.9 Å². The smallest absolute Gasteiger partial charge is 0.240 e. The fourth-order valence-electron chi connectivity index (χ4n) is 2.50. The van der Waals surface area contributed by atoms with E-state index in [-0.39, 0.29) is 22.4 Å². The minimum atomic E-state index is -3.76. The molecule has 0 aliphatic heterocycles. The number of nitriles is 1. The number of nitrogens with zero attached hydrogens (tertiary/aromatic N) is 1. The highest BCUT2D eigenvalue weighted by atomic mass is 32.2. The van der Waals surface area contributed by atoms with Crippen molar-refractivity contribution >= 4 is 10.0 Å². The van der Waals surface area contributed by atoms with Crippen molar-refractivity contribution in [3.05, 3.63) is 29.6 Å². The van der Waals surface area contributed by atoms with Crippen molar-refractivity contribution in [1.29, 1.82) is 5.26 Å². The number of rotatable bonds is 4. The van der Waals surface area contributed by atoms with Gasteiger partial charge in [-0.2, -0.15) is 5.26 Å². The molecule has 0 aromatic heterocycles. The maximum Gasteiger partial charge on any atom is 0.240 e. The normalized spacial score (nSPS) is 22.6. The Bertz CT molecular complexity index is 640. The number of sulfonamides is 1. The van der Waals surface area contributed by atoms with Crippen molar-refractivity contribution in [2.75, 3.05) is 6.54 Å². The van der Waals surface area contributed by atoms with Crippen LogP contribution >= 0.6 is 0 Å². The van der Waals surface area contributed by atoms with Gasteiger partial charge in [0, 0.05) is 6.04 Å². The first-order valence-electron chi connectivity index (χ1n) is 6.40. The highest BCUT2D eigenvalue weighted by molar-refractivity contribution is 7.89. The Labute approximate surface area is 117 Å². The molecule has 0 unspecified atom stereocenters. The summed E-state index contributed by atoms with van der Waals surface area (Å²) in [5.41, 5.74) is 5.34. The minimum Gasteiger partial charge on any atom is -0.330 e. The maximum atomic E-state index is 13.2. The minimum absolute atomic E-state index is 0.0990. The second-order valence-electron chi connectivity index (χ2n) is 4.91. The zero-order valence-electron chi connectivity index (χ0n) is 10.8. The lowest BCUT2D eigenvalue weighted by Gasteiger charge is -2.19. The van der Waals surface area contributed by atoms with Crippen LogP contribution in [0.1, 0.15) is 24.8 Å². The largest absolute Gasteiger partial charge is 0.330 e. The Hall–Kier alpha value is -1.49. The first-order valence-corrected chi connectivity index (χ1v) is 7.88.